The van der Waals surface area contributed by atoms with Crippen LogP contribution in [0.3, 0.4) is 0 Å². The van der Waals surface area contributed by atoms with Crippen molar-refractivity contribution in [1.82, 2.24) is 14.4 Å². The number of aliphatic carboxylic acids is 1. The van der Waals surface area contributed by atoms with Crippen LogP contribution in [0.5, 0.6) is 17.2 Å². The lowest BCUT2D eigenvalue weighted by molar-refractivity contribution is -0.157. The highest BCUT2D eigenvalue weighted by molar-refractivity contribution is 6.31. The summed E-state index contributed by atoms with van der Waals surface area (Å²) in [6.45, 7) is 2.93. The molecular formula is C30H32ClN3O8. The lowest BCUT2D eigenvalue weighted by Gasteiger charge is -2.34. The van der Waals surface area contributed by atoms with Crippen LogP contribution in [0.15, 0.2) is 48.7 Å². The summed E-state index contributed by atoms with van der Waals surface area (Å²) in [7, 11) is 3.17. The summed E-state index contributed by atoms with van der Waals surface area (Å²) < 4.78 is 26.0. The minimum atomic E-state index is -1.49. The molecule has 0 aliphatic carbocycles. The monoisotopic (exact) mass is 597 g/mol. The third-order valence-corrected chi connectivity index (χ3v) is 7.71. The molecule has 5 rings (SSSR count). The number of fused-ring (bicyclic) bond motifs is 3. The van der Waals surface area contributed by atoms with Crippen molar-refractivity contribution < 1.29 is 38.4 Å². The van der Waals surface area contributed by atoms with Gasteiger partial charge in [0.2, 0.25) is 5.91 Å². The zero-order chi connectivity index (χ0) is 30.0. The largest absolute Gasteiger partial charge is 0.493 e. The van der Waals surface area contributed by atoms with Crippen molar-refractivity contribution in [3.63, 3.8) is 0 Å². The van der Waals surface area contributed by atoms with Crippen LogP contribution in [0.1, 0.15) is 36.3 Å². The molecule has 12 heteroatoms. The molecule has 2 atom stereocenters. The molecule has 2 aliphatic rings. The highest BCUT2D eigenvalue weighted by Crippen LogP contribution is 2.44. The molecule has 0 saturated carbocycles. The van der Waals surface area contributed by atoms with Gasteiger partial charge in [-0.25, -0.2) is 4.79 Å². The minimum Gasteiger partial charge on any atom is -0.493 e. The molecule has 222 valence electrons. The predicted octanol–water partition coefficient (Wildman–Crippen LogP) is 3.68. The number of amides is 2. The fourth-order valence-corrected chi connectivity index (χ4v) is 5.61. The Morgan fingerprint density at radius 2 is 1.74 bits per heavy atom. The molecule has 2 aromatic carbocycles. The summed E-state index contributed by atoms with van der Waals surface area (Å²) in [5.41, 5.74) is 3.29. The molecule has 1 saturated heterocycles. The van der Waals surface area contributed by atoms with Gasteiger partial charge in [-0.15, -0.1) is 0 Å². The first-order chi connectivity index (χ1) is 20.2. The normalized spacial score (nSPS) is 17.0. The molecule has 2 amide bonds. The van der Waals surface area contributed by atoms with Gasteiger partial charge in [0.05, 0.1) is 38.6 Å². The average Bonchev–Trinajstić information content (AvgIpc) is 3.30. The summed E-state index contributed by atoms with van der Waals surface area (Å²) in [5.74, 6) is -0.829. The van der Waals surface area contributed by atoms with Gasteiger partial charge in [-0.2, -0.15) is 0 Å². The third kappa shape index (κ3) is 5.75. The summed E-state index contributed by atoms with van der Waals surface area (Å²) >= 11 is 6.44. The van der Waals surface area contributed by atoms with E-state index in [1.807, 2.05) is 60.2 Å². The van der Waals surface area contributed by atoms with E-state index in [-0.39, 0.29) is 45.1 Å². The van der Waals surface area contributed by atoms with E-state index in [2.05, 4.69) is 0 Å². The molecule has 0 spiro atoms. The molecule has 0 radical (unpaired) electrons. The van der Waals surface area contributed by atoms with Gasteiger partial charge in [0.25, 0.3) is 0 Å². The molecule has 1 fully saturated rings. The second kappa shape index (κ2) is 12.3. The fourth-order valence-electron chi connectivity index (χ4n) is 5.43. The highest BCUT2D eigenvalue weighted by Gasteiger charge is 2.31. The summed E-state index contributed by atoms with van der Waals surface area (Å²) in [5, 5.41) is 9.49. The van der Waals surface area contributed by atoms with E-state index in [4.69, 9.17) is 35.7 Å². The summed E-state index contributed by atoms with van der Waals surface area (Å²) in [6.07, 6.45) is 1.06. The standard InChI is InChI=1S/C30H32ClN3O8/c1-18(15-26(35)32-11-13-33(14-12-32)29(36)30(37)38)42-24-9-10-34-22-8-7-19(31)16-21(22)27(41-17-23(24)34)20-5-4-6-25(39-2)28(20)40-3/h4-10,16,18,27H,11-15,17H2,1-3H3,(H,37,38)/t18?,27-/m1/s1. The Kier molecular flexibility index (Phi) is 8.60. The molecule has 1 N–H and O–H groups in total. The molecule has 1 aromatic heterocycles. The van der Waals surface area contributed by atoms with Crippen molar-refractivity contribution in [3.8, 4) is 22.9 Å². The van der Waals surface area contributed by atoms with E-state index >= 15 is 0 Å². The van der Waals surface area contributed by atoms with E-state index in [0.717, 1.165) is 22.5 Å². The molecule has 3 aromatic rings. The molecule has 11 nitrogen and oxygen atoms in total. The fraction of sp³-hybridized carbons (Fsp3) is 0.367. The van der Waals surface area contributed by atoms with Gasteiger partial charge in [0.15, 0.2) is 11.5 Å². The van der Waals surface area contributed by atoms with Crippen molar-refractivity contribution in [2.24, 2.45) is 0 Å². The minimum absolute atomic E-state index is 0.119. The Hall–Kier alpha value is -4.22. The van der Waals surface area contributed by atoms with Crippen LogP contribution in [0.25, 0.3) is 5.69 Å². The van der Waals surface area contributed by atoms with E-state index in [0.29, 0.717) is 22.3 Å². The van der Waals surface area contributed by atoms with E-state index in [1.54, 1.807) is 19.1 Å². The van der Waals surface area contributed by atoms with Gasteiger partial charge in [0, 0.05) is 48.5 Å². The number of para-hydroxylation sites is 1. The van der Waals surface area contributed by atoms with Crippen molar-refractivity contribution in [2.45, 2.75) is 32.2 Å². The topological polar surface area (TPSA) is 120 Å². The number of benzene rings is 2. The number of methoxy groups -OCH3 is 2. The second-order valence-electron chi connectivity index (χ2n) is 10.1. The Balaban J connectivity index is 1.33. The molecule has 2 aliphatic heterocycles. The number of hydrogen-bond acceptors (Lipinski definition) is 7. The van der Waals surface area contributed by atoms with Gasteiger partial charge in [-0.3, -0.25) is 9.59 Å². The number of rotatable bonds is 7. The van der Waals surface area contributed by atoms with Gasteiger partial charge >= 0.3 is 11.9 Å². The van der Waals surface area contributed by atoms with Crippen molar-refractivity contribution in [3.05, 3.63) is 70.5 Å². The third-order valence-electron chi connectivity index (χ3n) is 7.48. The van der Waals surface area contributed by atoms with Crippen LogP contribution in [0.4, 0.5) is 0 Å². The van der Waals surface area contributed by atoms with Crippen molar-refractivity contribution in [2.75, 3.05) is 40.4 Å². The van der Waals surface area contributed by atoms with Crippen LogP contribution in [0.2, 0.25) is 5.02 Å². The number of hydrogen-bond donors (Lipinski definition) is 1. The Morgan fingerprint density at radius 3 is 2.43 bits per heavy atom. The quantitative estimate of drug-likeness (QED) is 0.410. The Morgan fingerprint density at radius 1 is 1.00 bits per heavy atom. The second-order valence-corrected chi connectivity index (χ2v) is 10.5. The molecule has 0 bridgehead atoms. The molecule has 1 unspecified atom stereocenters. The summed E-state index contributed by atoms with van der Waals surface area (Å²) in [6, 6.07) is 13.1. The summed E-state index contributed by atoms with van der Waals surface area (Å²) in [4.78, 5) is 38.5. The number of carbonyl (C=O) groups excluding carboxylic acids is 2. The molecule has 42 heavy (non-hydrogen) atoms. The number of halogens is 1. The zero-order valence-electron chi connectivity index (χ0n) is 23.5. The Labute approximate surface area is 248 Å². The number of nitrogens with zero attached hydrogens (tertiary/aromatic N) is 3. The Bertz CT molecular complexity index is 1500. The van der Waals surface area contributed by atoms with Crippen molar-refractivity contribution in [1.29, 1.82) is 0 Å². The maximum atomic E-state index is 13.0. The van der Waals surface area contributed by atoms with Crippen molar-refractivity contribution >= 4 is 29.4 Å². The maximum absolute atomic E-state index is 13.0. The first kappa shape index (κ1) is 29.3. The van der Waals surface area contributed by atoms with Crippen LogP contribution >= 0.6 is 11.6 Å². The smallest absolute Gasteiger partial charge is 0.394 e. The van der Waals surface area contributed by atoms with E-state index in [1.165, 1.54) is 4.90 Å². The zero-order valence-corrected chi connectivity index (χ0v) is 24.3. The predicted molar refractivity (Wildman–Crippen MR) is 152 cm³/mol. The number of carboxylic acid groups (broad SMARTS) is 1. The molecular weight excluding hydrogens is 566 g/mol. The van der Waals surface area contributed by atoms with E-state index in [9.17, 15) is 14.4 Å². The SMILES string of the molecule is COc1cccc([C@H]2OCc3c(OC(C)CC(=O)N4CCN(C(=O)C(=O)O)CC4)ccn3-c3ccc(Cl)cc32)c1OC. The van der Waals surface area contributed by atoms with Gasteiger partial charge in [-0.05, 0) is 37.3 Å². The van der Waals surface area contributed by atoms with Crippen LogP contribution in [-0.4, -0.2) is 83.8 Å². The number of ether oxygens (including phenoxy) is 4. The average molecular weight is 598 g/mol. The first-order valence-electron chi connectivity index (χ1n) is 13.5. The maximum Gasteiger partial charge on any atom is 0.394 e. The van der Waals surface area contributed by atoms with Crippen LogP contribution in [-0.2, 0) is 25.7 Å². The van der Waals surface area contributed by atoms with Crippen LogP contribution in [0, 0.1) is 0 Å². The van der Waals surface area contributed by atoms with Gasteiger partial charge in [-0.1, -0.05) is 23.7 Å². The van der Waals surface area contributed by atoms with Gasteiger partial charge in [0.1, 0.15) is 18.0 Å². The van der Waals surface area contributed by atoms with E-state index < -0.39 is 24.1 Å². The first-order valence-corrected chi connectivity index (χ1v) is 13.9. The van der Waals surface area contributed by atoms with Gasteiger partial charge < -0.3 is 38.4 Å². The number of carbonyl (C=O) groups is 3. The molecule has 3 heterocycles. The highest BCUT2D eigenvalue weighted by atomic mass is 35.5. The number of aromatic nitrogens is 1. The van der Waals surface area contributed by atoms with Crippen LogP contribution < -0.4 is 14.2 Å². The lowest BCUT2D eigenvalue weighted by Crippen LogP contribution is -2.52. The lowest BCUT2D eigenvalue weighted by atomic mass is 9.98. The number of piperazine rings is 1. The number of carboxylic acids is 1.